The topological polar surface area (TPSA) is 18.5 Å². The Morgan fingerprint density at radius 3 is 2.56 bits per heavy atom. The standard InChI is InChI=1S/C13H9BrO2/c14-10-6-4-9(5-7-10)11-2-1-3-12-13(11)16-8-15-12/h1-7H,8H2. The second kappa shape index (κ2) is 3.83. The first-order chi connectivity index (χ1) is 7.84. The number of fused-ring (bicyclic) bond motifs is 1. The van der Waals surface area contributed by atoms with E-state index in [-0.39, 0.29) is 0 Å². The summed E-state index contributed by atoms with van der Waals surface area (Å²) in [5, 5.41) is 0. The van der Waals surface area contributed by atoms with Gasteiger partial charge in [0.1, 0.15) is 0 Å². The Morgan fingerprint density at radius 2 is 1.75 bits per heavy atom. The molecule has 0 amide bonds. The molecule has 3 heteroatoms. The lowest BCUT2D eigenvalue weighted by Crippen LogP contribution is -1.93. The molecule has 3 rings (SSSR count). The van der Waals surface area contributed by atoms with Gasteiger partial charge in [-0.3, -0.25) is 0 Å². The molecule has 0 fully saturated rings. The molecule has 0 spiro atoms. The summed E-state index contributed by atoms with van der Waals surface area (Å²) < 4.78 is 11.9. The van der Waals surface area contributed by atoms with E-state index in [1.54, 1.807) is 0 Å². The minimum Gasteiger partial charge on any atom is -0.454 e. The third-order valence-corrected chi connectivity index (χ3v) is 3.08. The van der Waals surface area contributed by atoms with Crippen molar-refractivity contribution >= 4 is 15.9 Å². The normalized spacial score (nSPS) is 12.8. The summed E-state index contributed by atoms with van der Waals surface area (Å²) in [6.45, 7) is 0.308. The molecule has 0 saturated carbocycles. The number of para-hydroxylation sites is 1. The maximum Gasteiger partial charge on any atom is 0.231 e. The summed E-state index contributed by atoms with van der Waals surface area (Å²) in [5.74, 6) is 1.66. The minimum atomic E-state index is 0.308. The molecule has 0 aromatic heterocycles. The molecule has 2 aromatic rings. The molecule has 80 valence electrons. The van der Waals surface area contributed by atoms with E-state index in [9.17, 15) is 0 Å². The Balaban J connectivity index is 2.13. The van der Waals surface area contributed by atoms with Crippen molar-refractivity contribution in [1.82, 2.24) is 0 Å². The van der Waals surface area contributed by atoms with Crippen molar-refractivity contribution in [3.05, 3.63) is 46.9 Å². The second-order valence-corrected chi connectivity index (χ2v) is 4.46. The maximum absolute atomic E-state index is 5.48. The van der Waals surface area contributed by atoms with Crippen LogP contribution in [0.4, 0.5) is 0 Å². The Labute approximate surface area is 102 Å². The highest BCUT2D eigenvalue weighted by molar-refractivity contribution is 9.10. The lowest BCUT2D eigenvalue weighted by atomic mass is 10.0. The molecule has 1 heterocycles. The van der Waals surface area contributed by atoms with Crippen LogP contribution in [-0.4, -0.2) is 6.79 Å². The minimum absolute atomic E-state index is 0.308. The predicted molar refractivity (Wildman–Crippen MR) is 65.7 cm³/mol. The van der Waals surface area contributed by atoms with Crippen LogP contribution in [0, 0.1) is 0 Å². The molecular weight excluding hydrogens is 268 g/mol. The third kappa shape index (κ3) is 1.57. The van der Waals surface area contributed by atoms with Gasteiger partial charge in [0.05, 0.1) is 0 Å². The van der Waals surface area contributed by atoms with Crippen molar-refractivity contribution in [2.45, 2.75) is 0 Å². The average molecular weight is 277 g/mol. The molecule has 2 aromatic carbocycles. The van der Waals surface area contributed by atoms with Gasteiger partial charge in [-0.1, -0.05) is 40.2 Å². The maximum atomic E-state index is 5.48. The van der Waals surface area contributed by atoms with Crippen LogP contribution >= 0.6 is 15.9 Å². The van der Waals surface area contributed by atoms with E-state index in [4.69, 9.17) is 9.47 Å². The molecule has 2 nitrogen and oxygen atoms in total. The Kier molecular flexibility index (Phi) is 2.33. The smallest absolute Gasteiger partial charge is 0.231 e. The Hall–Kier alpha value is -1.48. The van der Waals surface area contributed by atoms with Crippen LogP contribution in [0.25, 0.3) is 11.1 Å². The highest BCUT2D eigenvalue weighted by Gasteiger charge is 2.17. The van der Waals surface area contributed by atoms with Gasteiger partial charge in [-0.15, -0.1) is 0 Å². The van der Waals surface area contributed by atoms with E-state index in [0.29, 0.717) is 6.79 Å². The molecule has 0 aliphatic carbocycles. The number of rotatable bonds is 1. The van der Waals surface area contributed by atoms with Gasteiger partial charge in [0.25, 0.3) is 0 Å². The van der Waals surface area contributed by atoms with Crippen LogP contribution in [0.1, 0.15) is 0 Å². The van der Waals surface area contributed by atoms with Gasteiger partial charge < -0.3 is 9.47 Å². The van der Waals surface area contributed by atoms with E-state index in [0.717, 1.165) is 27.1 Å². The van der Waals surface area contributed by atoms with Crippen molar-refractivity contribution in [1.29, 1.82) is 0 Å². The highest BCUT2D eigenvalue weighted by atomic mass is 79.9. The molecule has 0 radical (unpaired) electrons. The fraction of sp³-hybridized carbons (Fsp3) is 0.0769. The number of ether oxygens (including phenoxy) is 2. The van der Waals surface area contributed by atoms with Gasteiger partial charge in [0, 0.05) is 10.0 Å². The number of halogens is 1. The van der Waals surface area contributed by atoms with Crippen molar-refractivity contribution in [2.75, 3.05) is 6.79 Å². The third-order valence-electron chi connectivity index (χ3n) is 2.55. The summed E-state index contributed by atoms with van der Waals surface area (Å²) in [6, 6.07) is 14.1. The van der Waals surface area contributed by atoms with Crippen LogP contribution < -0.4 is 9.47 Å². The van der Waals surface area contributed by atoms with Crippen LogP contribution in [0.2, 0.25) is 0 Å². The molecule has 1 aliphatic rings. The Bertz CT molecular complexity index is 520. The summed E-state index contributed by atoms with van der Waals surface area (Å²) in [4.78, 5) is 0. The zero-order valence-electron chi connectivity index (χ0n) is 8.44. The first kappa shape index (κ1) is 9.73. The molecular formula is C13H9BrO2. The number of hydrogen-bond acceptors (Lipinski definition) is 2. The van der Waals surface area contributed by atoms with Crippen molar-refractivity contribution < 1.29 is 9.47 Å². The van der Waals surface area contributed by atoms with Gasteiger partial charge in [-0.2, -0.15) is 0 Å². The van der Waals surface area contributed by atoms with Gasteiger partial charge in [-0.05, 0) is 23.8 Å². The van der Waals surface area contributed by atoms with Crippen LogP contribution in [0.3, 0.4) is 0 Å². The number of benzene rings is 2. The summed E-state index contributed by atoms with van der Waals surface area (Å²) in [7, 11) is 0. The average Bonchev–Trinajstić information content (AvgIpc) is 2.78. The predicted octanol–water partition coefficient (Wildman–Crippen LogP) is 3.84. The van der Waals surface area contributed by atoms with E-state index in [2.05, 4.69) is 28.1 Å². The second-order valence-electron chi connectivity index (χ2n) is 3.55. The molecule has 0 unspecified atom stereocenters. The van der Waals surface area contributed by atoms with E-state index in [1.807, 2.05) is 30.3 Å². The molecule has 0 N–H and O–H groups in total. The van der Waals surface area contributed by atoms with E-state index < -0.39 is 0 Å². The summed E-state index contributed by atoms with van der Waals surface area (Å²) in [5.41, 5.74) is 2.20. The van der Waals surface area contributed by atoms with E-state index in [1.165, 1.54) is 0 Å². The Morgan fingerprint density at radius 1 is 0.938 bits per heavy atom. The monoisotopic (exact) mass is 276 g/mol. The van der Waals surface area contributed by atoms with Crippen LogP contribution in [-0.2, 0) is 0 Å². The SMILES string of the molecule is Brc1ccc(-c2cccc3c2OCO3)cc1. The quantitative estimate of drug-likeness (QED) is 0.788. The van der Waals surface area contributed by atoms with Crippen molar-refractivity contribution in [3.63, 3.8) is 0 Å². The van der Waals surface area contributed by atoms with Gasteiger partial charge in [0.2, 0.25) is 6.79 Å². The molecule has 0 saturated heterocycles. The fourth-order valence-corrected chi connectivity index (χ4v) is 2.05. The fourth-order valence-electron chi connectivity index (χ4n) is 1.79. The lowest BCUT2D eigenvalue weighted by Gasteiger charge is -2.05. The molecule has 1 aliphatic heterocycles. The molecule has 0 atom stereocenters. The van der Waals surface area contributed by atoms with Gasteiger partial charge in [0.15, 0.2) is 11.5 Å². The molecule has 16 heavy (non-hydrogen) atoms. The van der Waals surface area contributed by atoms with Crippen molar-refractivity contribution in [2.24, 2.45) is 0 Å². The summed E-state index contributed by atoms with van der Waals surface area (Å²) >= 11 is 3.42. The lowest BCUT2D eigenvalue weighted by molar-refractivity contribution is 0.174. The van der Waals surface area contributed by atoms with E-state index >= 15 is 0 Å². The zero-order valence-corrected chi connectivity index (χ0v) is 10.0. The first-order valence-electron chi connectivity index (χ1n) is 4.99. The largest absolute Gasteiger partial charge is 0.454 e. The number of hydrogen-bond donors (Lipinski definition) is 0. The van der Waals surface area contributed by atoms with Crippen LogP contribution in [0.15, 0.2) is 46.9 Å². The van der Waals surface area contributed by atoms with Gasteiger partial charge in [-0.25, -0.2) is 0 Å². The highest BCUT2D eigenvalue weighted by Crippen LogP contribution is 2.41. The molecule has 0 bridgehead atoms. The first-order valence-corrected chi connectivity index (χ1v) is 5.78. The van der Waals surface area contributed by atoms with Gasteiger partial charge >= 0.3 is 0 Å². The van der Waals surface area contributed by atoms with Crippen LogP contribution in [0.5, 0.6) is 11.5 Å². The zero-order chi connectivity index (χ0) is 11.0. The van der Waals surface area contributed by atoms with Crippen molar-refractivity contribution in [3.8, 4) is 22.6 Å². The summed E-state index contributed by atoms with van der Waals surface area (Å²) in [6.07, 6.45) is 0.